The molecule has 1 atom stereocenters. The number of aromatic nitrogens is 2. The normalized spacial score (nSPS) is 14.5. The van der Waals surface area contributed by atoms with Gasteiger partial charge in [0.2, 0.25) is 5.91 Å². The van der Waals surface area contributed by atoms with Crippen molar-refractivity contribution in [2.45, 2.75) is 23.8 Å². The highest BCUT2D eigenvalue weighted by Crippen LogP contribution is 2.36. The predicted octanol–water partition coefficient (Wildman–Crippen LogP) is 3.19. The number of alkyl halides is 1. The Morgan fingerprint density at radius 3 is 2.77 bits per heavy atom. The Hall–Kier alpha value is -1.66. The number of nitrogens with one attached hydrogen (secondary N) is 1. The van der Waals surface area contributed by atoms with Gasteiger partial charge in [0.25, 0.3) is 0 Å². The van der Waals surface area contributed by atoms with Gasteiger partial charge in [-0.25, -0.2) is 4.68 Å². The smallest absolute Gasteiger partial charge is 0.243 e. The van der Waals surface area contributed by atoms with Gasteiger partial charge in [-0.3, -0.25) is 4.79 Å². The number of nitrogens with zero attached hydrogens (tertiary/aromatic N) is 2. The van der Waals surface area contributed by atoms with Crippen LogP contribution in [0.15, 0.2) is 24.3 Å². The molecule has 7 heteroatoms. The van der Waals surface area contributed by atoms with E-state index in [9.17, 15) is 4.79 Å². The molecular weight excluding hydrogens is 322 g/mol. The van der Waals surface area contributed by atoms with E-state index in [1.54, 1.807) is 30.5 Å². The summed E-state index contributed by atoms with van der Waals surface area (Å²) in [6.07, 6.45) is 0. The standard InChI is InChI=1S/C15H16ClN3O2S/c1-9(16)15(20)17-14-12-7-22-8-13(12)18-19(14)10-3-5-11(21-2)6-4-10/h3-6,9H,7-8H2,1-2H3,(H,17,20)/t9-/m0/s1. The van der Waals surface area contributed by atoms with Crippen molar-refractivity contribution < 1.29 is 9.53 Å². The first-order valence-electron chi connectivity index (χ1n) is 6.88. The fourth-order valence-electron chi connectivity index (χ4n) is 2.27. The van der Waals surface area contributed by atoms with E-state index in [-0.39, 0.29) is 5.91 Å². The second kappa shape index (κ2) is 6.22. The van der Waals surface area contributed by atoms with E-state index in [2.05, 4.69) is 10.4 Å². The van der Waals surface area contributed by atoms with Gasteiger partial charge in [-0.15, -0.1) is 11.6 Å². The van der Waals surface area contributed by atoms with Crippen molar-refractivity contribution in [3.63, 3.8) is 0 Å². The molecule has 2 aromatic rings. The number of halogens is 1. The van der Waals surface area contributed by atoms with E-state index in [1.807, 2.05) is 24.3 Å². The number of hydrogen-bond acceptors (Lipinski definition) is 4. The molecule has 5 nitrogen and oxygen atoms in total. The minimum absolute atomic E-state index is 0.226. The number of carbonyl (C=O) groups excluding carboxylic acids is 1. The number of thioether (sulfide) groups is 1. The largest absolute Gasteiger partial charge is 0.497 e. The first-order chi connectivity index (χ1) is 10.6. The summed E-state index contributed by atoms with van der Waals surface area (Å²) in [5, 5.41) is 6.93. The average molecular weight is 338 g/mol. The van der Waals surface area contributed by atoms with Gasteiger partial charge in [-0.1, -0.05) is 0 Å². The van der Waals surface area contributed by atoms with E-state index >= 15 is 0 Å². The van der Waals surface area contributed by atoms with Crippen molar-refractivity contribution in [3.05, 3.63) is 35.5 Å². The van der Waals surface area contributed by atoms with Gasteiger partial charge < -0.3 is 10.1 Å². The molecule has 1 aromatic carbocycles. The lowest BCUT2D eigenvalue weighted by Gasteiger charge is -2.12. The molecule has 0 aliphatic carbocycles. The fourth-order valence-corrected chi connectivity index (χ4v) is 3.36. The Morgan fingerprint density at radius 1 is 1.41 bits per heavy atom. The maximum Gasteiger partial charge on any atom is 0.243 e. The van der Waals surface area contributed by atoms with Crippen LogP contribution in [0.3, 0.4) is 0 Å². The molecule has 1 aliphatic rings. The lowest BCUT2D eigenvalue weighted by atomic mass is 10.2. The Labute approximate surface area is 138 Å². The summed E-state index contributed by atoms with van der Waals surface area (Å²) in [7, 11) is 1.63. The van der Waals surface area contributed by atoms with Crippen LogP contribution in [0.4, 0.5) is 5.82 Å². The van der Waals surface area contributed by atoms with Gasteiger partial charge in [-0.05, 0) is 31.2 Å². The number of fused-ring (bicyclic) bond motifs is 1. The number of ether oxygens (including phenoxy) is 1. The molecule has 1 aromatic heterocycles. The zero-order valence-electron chi connectivity index (χ0n) is 12.3. The van der Waals surface area contributed by atoms with Crippen LogP contribution >= 0.6 is 23.4 Å². The molecule has 0 radical (unpaired) electrons. The Bertz CT molecular complexity index is 698. The lowest BCUT2D eigenvalue weighted by Crippen LogP contribution is -2.22. The highest BCUT2D eigenvalue weighted by atomic mass is 35.5. The molecule has 22 heavy (non-hydrogen) atoms. The first-order valence-corrected chi connectivity index (χ1v) is 8.47. The topological polar surface area (TPSA) is 56.1 Å². The number of anilines is 1. The molecule has 3 rings (SSSR count). The Balaban J connectivity index is 2.01. The number of hydrogen-bond donors (Lipinski definition) is 1. The summed E-state index contributed by atoms with van der Waals surface area (Å²) in [6, 6.07) is 7.56. The number of methoxy groups -OCH3 is 1. The van der Waals surface area contributed by atoms with Gasteiger partial charge in [-0.2, -0.15) is 16.9 Å². The van der Waals surface area contributed by atoms with Gasteiger partial charge >= 0.3 is 0 Å². The van der Waals surface area contributed by atoms with Crippen LogP contribution in [0, 0.1) is 0 Å². The molecule has 0 bridgehead atoms. The van der Waals surface area contributed by atoms with Gasteiger partial charge in [0.05, 0.1) is 18.5 Å². The minimum atomic E-state index is -0.594. The molecule has 1 amide bonds. The fraction of sp³-hybridized carbons (Fsp3) is 0.333. The summed E-state index contributed by atoms with van der Waals surface area (Å²) in [6.45, 7) is 1.65. The molecule has 0 saturated carbocycles. The van der Waals surface area contributed by atoms with Crippen molar-refractivity contribution in [3.8, 4) is 11.4 Å². The Morgan fingerprint density at radius 2 is 2.14 bits per heavy atom. The lowest BCUT2D eigenvalue weighted by molar-refractivity contribution is -0.115. The number of carbonyl (C=O) groups is 1. The summed E-state index contributed by atoms with van der Waals surface area (Å²) >= 11 is 7.66. The summed E-state index contributed by atoms with van der Waals surface area (Å²) < 4.78 is 6.94. The number of amides is 1. The SMILES string of the molecule is COc1ccc(-n2nc3c(c2NC(=O)[C@H](C)Cl)CSC3)cc1. The van der Waals surface area contributed by atoms with Crippen LogP contribution in [0.1, 0.15) is 18.2 Å². The zero-order chi connectivity index (χ0) is 15.7. The van der Waals surface area contributed by atoms with Crippen molar-refractivity contribution in [2.75, 3.05) is 12.4 Å². The van der Waals surface area contributed by atoms with Gasteiger partial charge in [0.15, 0.2) is 0 Å². The molecule has 0 saturated heterocycles. The second-order valence-electron chi connectivity index (χ2n) is 4.98. The second-order valence-corrected chi connectivity index (χ2v) is 6.62. The van der Waals surface area contributed by atoms with Gasteiger partial charge in [0.1, 0.15) is 16.9 Å². The summed E-state index contributed by atoms with van der Waals surface area (Å²) in [4.78, 5) is 12.0. The summed E-state index contributed by atoms with van der Waals surface area (Å²) in [5.41, 5.74) is 2.96. The third-order valence-corrected chi connectivity index (χ3v) is 4.64. The van der Waals surface area contributed by atoms with Crippen molar-refractivity contribution in [1.29, 1.82) is 0 Å². The zero-order valence-corrected chi connectivity index (χ0v) is 13.9. The van der Waals surface area contributed by atoms with E-state index < -0.39 is 5.38 Å². The molecule has 1 N–H and O–H groups in total. The first kappa shape index (κ1) is 15.2. The predicted molar refractivity (Wildman–Crippen MR) is 89.1 cm³/mol. The van der Waals surface area contributed by atoms with E-state index in [0.29, 0.717) is 5.82 Å². The van der Waals surface area contributed by atoms with Crippen molar-refractivity contribution in [2.24, 2.45) is 0 Å². The van der Waals surface area contributed by atoms with Crippen molar-refractivity contribution >= 4 is 35.1 Å². The monoisotopic (exact) mass is 337 g/mol. The van der Waals surface area contributed by atoms with Crippen LogP contribution in [-0.2, 0) is 16.3 Å². The highest BCUT2D eigenvalue weighted by Gasteiger charge is 2.25. The van der Waals surface area contributed by atoms with Gasteiger partial charge in [0, 0.05) is 17.1 Å². The summed E-state index contributed by atoms with van der Waals surface area (Å²) in [5.74, 6) is 2.97. The third kappa shape index (κ3) is 2.80. The number of rotatable bonds is 4. The Kier molecular flexibility index (Phi) is 4.31. The van der Waals surface area contributed by atoms with Crippen LogP contribution < -0.4 is 10.1 Å². The van der Waals surface area contributed by atoms with E-state index in [0.717, 1.165) is 34.2 Å². The molecule has 0 unspecified atom stereocenters. The maximum absolute atomic E-state index is 12.0. The third-order valence-electron chi connectivity index (χ3n) is 3.47. The van der Waals surface area contributed by atoms with Crippen molar-refractivity contribution in [1.82, 2.24) is 9.78 Å². The molecule has 1 aliphatic heterocycles. The molecule has 116 valence electrons. The quantitative estimate of drug-likeness (QED) is 0.870. The minimum Gasteiger partial charge on any atom is -0.497 e. The molecule has 2 heterocycles. The molecule has 0 fully saturated rings. The maximum atomic E-state index is 12.0. The van der Waals surface area contributed by atoms with E-state index in [1.165, 1.54) is 0 Å². The van der Waals surface area contributed by atoms with E-state index in [4.69, 9.17) is 16.3 Å². The van der Waals surface area contributed by atoms with Crippen LogP contribution in [0.2, 0.25) is 0 Å². The van der Waals surface area contributed by atoms with Crippen LogP contribution in [0.5, 0.6) is 5.75 Å². The molecule has 0 spiro atoms. The van der Waals surface area contributed by atoms with Crippen LogP contribution in [-0.4, -0.2) is 28.2 Å². The average Bonchev–Trinajstić information content (AvgIpc) is 3.10. The number of benzene rings is 1. The highest BCUT2D eigenvalue weighted by molar-refractivity contribution is 7.98. The van der Waals surface area contributed by atoms with Crippen LogP contribution in [0.25, 0.3) is 5.69 Å². The molecular formula is C15H16ClN3O2S.